The summed E-state index contributed by atoms with van der Waals surface area (Å²) in [4.78, 5) is 2.41. The van der Waals surface area contributed by atoms with Gasteiger partial charge in [0, 0.05) is 22.8 Å². The van der Waals surface area contributed by atoms with Crippen molar-refractivity contribution in [2.75, 3.05) is 19.6 Å². The first-order valence-corrected chi connectivity index (χ1v) is 8.48. The van der Waals surface area contributed by atoms with Gasteiger partial charge in [-0.3, -0.25) is 0 Å². The van der Waals surface area contributed by atoms with Crippen molar-refractivity contribution in [2.24, 2.45) is 11.7 Å². The first kappa shape index (κ1) is 16.9. The number of rotatable bonds is 3. The summed E-state index contributed by atoms with van der Waals surface area (Å²) in [5, 5.41) is 0. The number of hydrogen-bond acceptors (Lipinski definition) is 4. The van der Waals surface area contributed by atoms with Gasteiger partial charge in [0.15, 0.2) is 0 Å². The van der Waals surface area contributed by atoms with E-state index in [0.29, 0.717) is 30.4 Å². The molecule has 1 aromatic rings. The minimum absolute atomic E-state index is 0. The maximum absolute atomic E-state index is 12.5. The molecule has 19 heavy (non-hydrogen) atoms. The van der Waals surface area contributed by atoms with Crippen molar-refractivity contribution in [1.82, 2.24) is 4.31 Å². The lowest BCUT2D eigenvalue weighted by Gasteiger charge is -2.30. The van der Waals surface area contributed by atoms with Crippen molar-refractivity contribution in [3.63, 3.8) is 0 Å². The Kier molecular flexibility index (Phi) is 5.82. The Balaban J connectivity index is 0.00000180. The van der Waals surface area contributed by atoms with E-state index in [0.717, 1.165) is 22.6 Å². The molecule has 0 atom stereocenters. The molecule has 7 heteroatoms. The predicted octanol–water partition coefficient (Wildman–Crippen LogP) is 2.15. The minimum atomic E-state index is -3.30. The summed E-state index contributed by atoms with van der Waals surface area (Å²) in [7, 11) is -3.30. The van der Waals surface area contributed by atoms with Crippen molar-refractivity contribution in [2.45, 2.75) is 31.6 Å². The summed E-state index contributed by atoms with van der Waals surface area (Å²) in [5.74, 6) is 0.474. The van der Waals surface area contributed by atoms with Crippen LogP contribution in [0.15, 0.2) is 11.0 Å². The second-order valence-corrected chi connectivity index (χ2v) is 8.23. The lowest BCUT2D eigenvalue weighted by Crippen LogP contribution is -2.40. The van der Waals surface area contributed by atoms with E-state index in [9.17, 15) is 8.42 Å². The van der Waals surface area contributed by atoms with Gasteiger partial charge in [-0.15, -0.1) is 23.7 Å². The topological polar surface area (TPSA) is 63.4 Å². The van der Waals surface area contributed by atoms with Gasteiger partial charge in [-0.2, -0.15) is 4.31 Å². The highest BCUT2D eigenvalue weighted by atomic mass is 35.5. The first-order chi connectivity index (χ1) is 8.45. The molecule has 1 fully saturated rings. The zero-order chi connectivity index (χ0) is 13.3. The molecule has 0 spiro atoms. The third kappa shape index (κ3) is 3.49. The average Bonchev–Trinajstić information content (AvgIpc) is 2.69. The molecule has 2 heterocycles. The fourth-order valence-corrected chi connectivity index (χ4v) is 5.38. The molecule has 1 aromatic heterocycles. The fraction of sp³-hybridized carbons (Fsp3) is 0.667. The molecule has 0 bridgehead atoms. The predicted molar refractivity (Wildman–Crippen MR) is 81.6 cm³/mol. The van der Waals surface area contributed by atoms with E-state index in [-0.39, 0.29) is 12.4 Å². The summed E-state index contributed by atoms with van der Waals surface area (Å²) in [5.41, 5.74) is 5.63. The normalized spacial score (nSPS) is 18.3. The van der Waals surface area contributed by atoms with Gasteiger partial charge >= 0.3 is 0 Å². The molecule has 0 aliphatic carbocycles. The van der Waals surface area contributed by atoms with E-state index in [4.69, 9.17) is 5.73 Å². The number of piperidine rings is 1. The monoisotopic (exact) mass is 324 g/mol. The highest BCUT2D eigenvalue weighted by Gasteiger charge is 2.30. The summed E-state index contributed by atoms with van der Waals surface area (Å²) >= 11 is 1.54. The van der Waals surface area contributed by atoms with E-state index in [2.05, 4.69) is 0 Å². The Hall–Kier alpha value is -0.140. The number of halogens is 1. The second-order valence-electron chi connectivity index (χ2n) is 4.86. The van der Waals surface area contributed by atoms with E-state index < -0.39 is 10.0 Å². The number of nitrogens with zero attached hydrogens (tertiary/aromatic N) is 1. The molecule has 0 amide bonds. The van der Waals surface area contributed by atoms with Gasteiger partial charge in [-0.1, -0.05) is 0 Å². The van der Waals surface area contributed by atoms with Gasteiger partial charge in [0.2, 0.25) is 10.0 Å². The van der Waals surface area contributed by atoms with Crippen molar-refractivity contribution in [1.29, 1.82) is 0 Å². The number of aryl methyl sites for hydroxylation is 2. The van der Waals surface area contributed by atoms with E-state index in [1.54, 1.807) is 10.4 Å². The summed E-state index contributed by atoms with van der Waals surface area (Å²) in [6, 6.07) is 1.78. The Labute approximate surface area is 125 Å². The van der Waals surface area contributed by atoms with Gasteiger partial charge in [0.1, 0.15) is 0 Å². The number of nitrogens with two attached hydrogens (primary N) is 1. The standard InChI is InChI=1S/C12H20N2O2S2.ClH/c1-9-7-12(10(2)17-9)18(15,16)14-5-3-11(8-13)4-6-14;/h7,11H,3-6,8,13H2,1-2H3;1H. The van der Waals surface area contributed by atoms with Crippen molar-refractivity contribution in [3.05, 3.63) is 15.8 Å². The van der Waals surface area contributed by atoms with Crippen LogP contribution >= 0.6 is 23.7 Å². The van der Waals surface area contributed by atoms with Crippen LogP contribution in [-0.4, -0.2) is 32.4 Å². The molecule has 2 N–H and O–H groups in total. The molecule has 1 saturated heterocycles. The molecule has 1 aliphatic heterocycles. The van der Waals surface area contributed by atoms with Crippen LogP contribution in [0.1, 0.15) is 22.6 Å². The molecule has 0 saturated carbocycles. The van der Waals surface area contributed by atoms with E-state index in [1.807, 2.05) is 13.8 Å². The third-order valence-corrected chi connectivity index (χ3v) is 6.64. The zero-order valence-corrected chi connectivity index (χ0v) is 13.7. The molecular weight excluding hydrogens is 304 g/mol. The average molecular weight is 325 g/mol. The van der Waals surface area contributed by atoms with E-state index in [1.165, 1.54) is 11.3 Å². The highest BCUT2D eigenvalue weighted by Crippen LogP contribution is 2.29. The summed E-state index contributed by atoms with van der Waals surface area (Å²) in [6.45, 7) is 5.66. The Morgan fingerprint density at radius 1 is 1.37 bits per heavy atom. The van der Waals surface area contributed by atoms with Crippen LogP contribution < -0.4 is 5.73 Å². The van der Waals surface area contributed by atoms with E-state index >= 15 is 0 Å². The van der Waals surface area contributed by atoms with Crippen LogP contribution in [0.4, 0.5) is 0 Å². The number of sulfonamides is 1. The number of thiophene rings is 1. The number of hydrogen-bond donors (Lipinski definition) is 1. The summed E-state index contributed by atoms with van der Waals surface area (Å²) in [6.07, 6.45) is 1.75. The van der Waals surface area contributed by atoms with Gasteiger partial charge < -0.3 is 5.73 Å². The SMILES string of the molecule is Cc1cc(S(=O)(=O)N2CCC(CN)CC2)c(C)s1.Cl. The van der Waals surface area contributed by atoms with Gasteiger partial charge in [-0.05, 0) is 45.2 Å². The van der Waals surface area contributed by atoms with Crippen LogP contribution in [0.3, 0.4) is 0 Å². The van der Waals surface area contributed by atoms with Gasteiger partial charge in [0.25, 0.3) is 0 Å². The lowest BCUT2D eigenvalue weighted by molar-refractivity contribution is 0.278. The lowest BCUT2D eigenvalue weighted by atomic mass is 9.99. The zero-order valence-electron chi connectivity index (χ0n) is 11.3. The van der Waals surface area contributed by atoms with Crippen LogP contribution in [0.25, 0.3) is 0 Å². The molecule has 1 aliphatic rings. The maximum Gasteiger partial charge on any atom is 0.244 e. The first-order valence-electron chi connectivity index (χ1n) is 6.22. The maximum atomic E-state index is 12.5. The molecule has 0 unspecified atom stereocenters. The van der Waals surface area contributed by atoms with Crippen molar-refractivity contribution < 1.29 is 8.42 Å². The van der Waals surface area contributed by atoms with Gasteiger partial charge in [-0.25, -0.2) is 8.42 Å². The molecule has 110 valence electrons. The van der Waals surface area contributed by atoms with Crippen LogP contribution in [-0.2, 0) is 10.0 Å². The Morgan fingerprint density at radius 2 is 1.95 bits per heavy atom. The second kappa shape index (κ2) is 6.54. The molecule has 0 radical (unpaired) electrons. The van der Waals surface area contributed by atoms with Crippen molar-refractivity contribution >= 4 is 33.8 Å². The molecule has 0 aromatic carbocycles. The van der Waals surface area contributed by atoms with Crippen LogP contribution in [0.2, 0.25) is 0 Å². The highest BCUT2D eigenvalue weighted by molar-refractivity contribution is 7.89. The third-order valence-electron chi connectivity index (χ3n) is 3.52. The minimum Gasteiger partial charge on any atom is -0.330 e. The largest absolute Gasteiger partial charge is 0.330 e. The summed E-state index contributed by atoms with van der Waals surface area (Å²) < 4.78 is 26.6. The molecular formula is C12H21ClN2O2S2. The van der Waals surface area contributed by atoms with Crippen LogP contribution in [0.5, 0.6) is 0 Å². The Morgan fingerprint density at radius 3 is 2.37 bits per heavy atom. The van der Waals surface area contributed by atoms with Crippen LogP contribution in [0, 0.1) is 19.8 Å². The Bertz CT molecular complexity index is 520. The molecule has 2 rings (SSSR count). The van der Waals surface area contributed by atoms with Gasteiger partial charge in [0.05, 0.1) is 4.90 Å². The fourth-order valence-electron chi connectivity index (χ4n) is 2.39. The molecule has 4 nitrogen and oxygen atoms in total. The smallest absolute Gasteiger partial charge is 0.244 e. The van der Waals surface area contributed by atoms with Crippen molar-refractivity contribution in [3.8, 4) is 0 Å². The quantitative estimate of drug-likeness (QED) is 0.926.